The van der Waals surface area contributed by atoms with E-state index in [4.69, 9.17) is 4.74 Å². The summed E-state index contributed by atoms with van der Waals surface area (Å²) in [5.41, 5.74) is -0.321. The van der Waals surface area contributed by atoms with Crippen molar-refractivity contribution in [1.82, 2.24) is 5.32 Å². The number of para-hydroxylation sites is 3. The average molecular weight is 377 g/mol. The van der Waals surface area contributed by atoms with Gasteiger partial charge in [-0.05, 0) is 18.2 Å². The molecule has 0 unspecified atom stereocenters. The maximum Gasteiger partial charge on any atom is 0.289 e. The highest BCUT2D eigenvalue weighted by Gasteiger charge is 2.39. The summed E-state index contributed by atoms with van der Waals surface area (Å²) in [5.74, 6) is -0.295. The molecule has 2 aromatic rings. The minimum atomic E-state index is -4.29. The summed E-state index contributed by atoms with van der Waals surface area (Å²) in [6.07, 6.45) is -1.08. The molecule has 26 heavy (non-hydrogen) atoms. The van der Waals surface area contributed by atoms with Crippen LogP contribution in [0.5, 0.6) is 5.75 Å². The van der Waals surface area contributed by atoms with Crippen LogP contribution < -0.4 is 14.4 Å². The Bertz CT molecular complexity index is 975. The standard InChI is InChI=1S/C16H15N3O6S/c1-17-16(20)14-10-18(11-6-2-4-8-13(11)25-14)26(23,24)15-9-5-3-7-12(15)19(21)22/h2-9,14H,10H2,1H3,(H,17,20)/t14-/m1/s1. The molecule has 9 nitrogen and oxygen atoms in total. The topological polar surface area (TPSA) is 119 Å². The number of likely N-dealkylation sites (N-methyl/N-ethyl adjacent to an activating group) is 1. The van der Waals surface area contributed by atoms with E-state index in [1.807, 2.05) is 0 Å². The van der Waals surface area contributed by atoms with Crippen LogP contribution in [0, 0.1) is 10.1 Å². The Balaban J connectivity index is 2.15. The molecule has 1 aliphatic heterocycles. The zero-order valence-corrected chi connectivity index (χ0v) is 14.5. The van der Waals surface area contributed by atoms with Crippen molar-refractivity contribution >= 4 is 27.3 Å². The second kappa shape index (κ2) is 6.64. The first-order valence-corrected chi connectivity index (χ1v) is 9.03. The third kappa shape index (κ3) is 2.94. The number of hydrogen-bond acceptors (Lipinski definition) is 6. The molecule has 0 saturated heterocycles. The second-order valence-corrected chi connectivity index (χ2v) is 7.28. The number of nitrogens with zero attached hydrogens (tertiary/aromatic N) is 2. The van der Waals surface area contributed by atoms with Crippen molar-refractivity contribution in [3.8, 4) is 5.75 Å². The van der Waals surface area contributed by atoms with Crippen molar-refractivity contribution in [2.45, 2.75) is 11.0 Å². The van der Waals surface area contributed by atoms with Gasteiger partial charge in [0, 0.05) is 13.1 Å². The molecule has 1 N–H and O–H groups in total. The fourth-order valence-electron chi connectivity index (χ4n) is 2.67. The number of nitro groups is 1. The monoisotopic (exact) mass is 377 g/mol. The van der Waals surface area contributed by atoms with Crippen molar-refractivity contribution in [3.05, 3.63) is 58.6 Å². The van der Waals surface area contributed by atoms with Gasteiger partial charge in [0.1, 0.15) is 5.75 Å². The Morgan fingerprint density at radius 3 is 2.58 bits per heavy atom. The zero-order chi connectivity index (χ0) is 18.9. The number of nitrogens with one attached hydrogen (secondary N) is 1. The van der Waals surface area contributed by atoms with Crippen LogP contribution in [0.1, 0.15) is 0 Å². The van der Waals surface area contributed by atoms with Gasteiger partial charge in [-0.1, -0.05) is 24.3 Å². The molecule has 1 aliphatic rings. The number of anilines is 1. The Labute approximate surface area is 149 Å². The van der Waals surface area contributed by atoms with Crippen molar-refractivity contribution in [1.29, 1.82) is 0 Å². The highest BCUT2D eigenvalue weighted by atomic mass is 32.2. The van der Waals surface area contributed by atoms with Gasteiger partial charge in [0.15, 0.2) is 11.0 Å². The molecule has 1 atom stereocenters. The van der Waals surface area contributed by atoms with Crippen molar-refractivity contribution in [3.63, 3.8) is 0 Å². The number of sulfonamides is 1. The van der Waals surface area contributed by atoms with Gasteiger partial charge in [0.25, 0.3) is 21.6 Å². The van der Waals surface area contributed by atoms with Gasteiger partial charge in [-0.25, -0.2) is 8.42 Å². The molecule has 0 radical (unpaired) electrons. The van der Waals surface area contributed by atoms with E-state index < -0.39 is 37.5 Å². The minimum Gasteiger partial charge on any atom is -0.476 e. The molecule has 0 aliphatic carbocycles. The summed E-state index contributed by atoms with van der Waals surface area (Å²) >= 11 is 0. The first-order valence-electron chi connectivity index (χ1n) is 7.59. The van der Waals surface area contributed by atoms with E-state index in [9.17, 15) is 23.3 Å². The molecule has 10 heteroatoms. The lowest BCUT2D eigenvalue weighted by Gasteiger charge is -2.34. The number of benzene rings is 2. The fraction of sp³-hybridized carbons (Fsp3) is 0.188. The van der Waals surface area contributed by atoms with Gasteiger partial charge in [-0.2, -0.15) is 0 Å². The van der Waals surface area contributed by atoms with E-state index in [1.165, 1.54) is 37.4 Å². The van der Waals surface area contributed by atoms with Crippen LogP contribution in [-0.4, -0.2) is 38.9 Å². The molecular weight excluding hydrogens is 362 g/mol. The summed E-state index contributed by atoms with van der Waals surface area (Å²) in [6.45, 7) is -0.301. The Morgan fingerprint density at radius 2 is 1.88 bits per heavy atom. The van der Waals surface area contributed by atoms with Gasteiger partial charge in [-0.3, -0.25) is 19.2 Å². The number of rotatable bonds is 4. The zero-order valence-electron chi connectivity index (χ0n) is 13.7. The number of hydrogen-bond donors (Lipinski definition) is 1. The molecule has 0 fully saturated rings. The van der Waals surface area contributed by atoms with Crippen molar-refractivity contribution < 1.29 is 22.9 Å². The van der Waals surface area contributed by atoms with Gasteiger partial charge >= 0.3 is 0 Å². The SMILES string of the molecule is CNC(=O)[C@H]1CN(S(=O)(=O)c2ccccc2[N+](=O)[O-])c2ccccc2O1. The van der Waals surface area contributed by atoms with Crippen LogP contribution >= 0.6 is 0 Å². The minimum absolute atomic E-state index is 0.203. The molecule has 136 valence electrons. The quantitative estimate of drug-likeness (QED) is 0.634. The smallest absolute Gasteiger partial charge is 0.289 e. The predicted molar refractivity (Wildman–Crippen MR) is 92.6 cm³/mol. The molecule has 1 heterocycles. The lowest BCUT2D eigenvalue weighted by atomic mass is 10.2. The third-order valence-electron chi connectivity index (χ3n) is 3.90. The summed E-state index contributed by atoms with van der Waals surface area (Å²) in [7, 11) is -2.88. The van der Waals surface area contributed by atoms with E-state index in [2.05, 4.69) is 5.32 Å². The van der Waals surface area contributed by atoms with Gasteiger partial charge in [0.2, 0.25) is 0 Å². The Hall–Kier alpha value is -3.14. The lowest BCUT2D eigenvalue weighted by Crippen LogP contribution is -2.50. The van der Waals surface area contributed by atoms with Gasteiger partial charge in [-0.15, -0.1) is 0 Å². The average Bonchev–Trinajstić information content (AvgIpc) is 2.66. The number of fused-ring (bicyclic) bond motifs is 1. The molecule has 0 bridgehead atoms. The number of carbonyl (C=O) groups excluding carboxylic acids is 1. The van der Waals surface area contributed by atoms with E-state index in [1.54, 1.807) is 12.1 Å². The van der Waals surface area contributed by atoms with Gasteiger partial charge in [0.05, 0.1) is 17.2 Å². The lowest BCUT2D eigenvalue weighted by molar-refractivity contribution is -0.387. The van der Waals surface area contributed by atoms with Crippen LogP contribution in [-0.2, 0) is 14.8 Å². The maximum absolute atomic E-state index is 13.2. The Morgan fingerprint density at radius 1 is 1.23 bits per heavy atom. The molecule has 1 amide bonds. The predicted octanol–water partition coefficient (Wildman–Crippen LogP) is 1.30. The largest absolute Gasteiger partial charge is 0.476 e. The number of amides is 1. The highest BCUT2D eigenvalue weighted by molar-refractivity contribution is 7.93. The Kier molecular flexibility index (Phi) is 4.51. The normalized spacial score (nSPS) is 16.3. The van der Waals surface area contributed by atoms with E-state index >= 15 is 0 Å². The van der Waals surface area contributed by atoms with Crippen LogP contribution in [0.3, 0.4) is 0 Å². The third-order valence-corrected chi connectivity index (χ3v) is 5.73. The second-order valence-electron chi connectivity index (χ2n) is 5.45. The van der Waals surface area contributed by atoms with Crippen LogP contribution in [0.4, 0.5) is 11.4 Å². The van der Waals surface area contributed by atoms with E-state index in [-0.39, 0.29) is 18.0 Å². The summed E-state index contributed by atoms with van der Waals surface area (Å²) < 4.78 is 32.9. The highest BCUT2D eigenvalue weighted by Crippen LogP contribution is 2.38. The maximum atomic E-state index is 13.2. The van der Waals surface area contributed by atoms with Crippen LogP contribution in [0.2, 0.25) is 0 Å². The molecule has 2 aromatic carbocycles. The number of ether oxygens (including phenoxy) is 1. The van der Waals surface area contributed by atoms with Crippen LogP contribution in [0.15, 0.2) is 53.4 Å². The molecule has 0 saturated carbocycles. The van der Waals surface area contributed by atoms with Crippen molar-refractivity contribution in [2.75, 3.05) is 17.9 Å². The first-order chi connectivity index (χ1) is 12.4. The molecule has 0 aromatic heterocycles. The van der Waals surface area contributed by atoms with Gasteiger partial charge < -0.3 is 10.1 Å². The fourth-order valence-corrected chi connectivity index (χ4v) is 4.31. The molecular formula is C16H15N3O6S. The number of nitro benzene ring substituents is 1. The first kappa shape index (κ1) is 17.7. The van der Waals surface area contributed by atoms with Crippen molar-refractivity contribution in [2.24, 2.45) is 0 Å². The number of carbonyl (C=O) groups is 1. The molecule has 3 rings (SSSR count). The van der Waals surface area contributed by atoms with Crippen LogP contribution in [0.25, 0.3) is 0 Å². The van der Waals surface area contributed by atoms with E-state index in [0.29, 0.717) is 0 Å². The van der Waals surface area contributed by atoms with E-state index in [0.717, 1.165) is 10.4 Å². The summed E-state index contributed by atoms with van der Waals surface area (Å²) in [4.78, 5) is 22.0. The summed E-state index contributed by atoms with van der Waals surface area (Å²) in [6, 6.07) is 11.4. The molecule has 0 spiro atoms. The summed E-state index contributed by atoms with van der Waals surface area (Å²) in [5, 5.41) is 13.7.